The minimum Gasteiger partial charge on any atom is -0.341 e. The SMILES string of the molecule is Cn1nccc1-c1ncc(-c2cc3cnc(Nc4ccc(C5CCNCC5)cc4)nc3n(CC(=O)N3CCCC3)c2=O)cn1. The number of piperidine rings is 1. The standard InChI is InChI=1S/C32H34N10O2/c1-40-27(10-13-37-40)29-34-18-24(19-35-29)26-16-23-17-36-32(38-25-6-4-21(5-7-25)22-8-11-33-12-9-22)39-30(23)42(31(26)44)20-28(43)41-14-2-3-15-41/h4-7,10,13,16-19,22,33H,2-3,8-9,11-12,14-15,20H2,1H3,(H,36,38,39). The third-order valence-corrected chi connectivity index (χ3v) is 8.57. The monoisotopic (exact) mass is 590 g/mol. The van der Waals surface area contributed by atoms with Crippen molar-refractivity contribution in [2.45, 2.75) is 38.1 Å². The van der Waals surface area contributed by atoms with Crippen LogP contribution in [0.25, 0.3) is 33.7 Å². The summed E-state index contributed by atoms with van der Waals surface area (Å²) >= 11 is 0. The molecule has 0 atom stereocenters. The molecular weight excluding hydrogens is 556 g/mol. The molecule has 0 bridgehead atoms. The predicted molar refractivity (Wildman–Crippen MR) is 167 cm³/mol. The Morgan fingerprint density at radius 1 is 1.00 bits per heavy atom. The number of carbonyl (C=O) groups excluding carboxylic acids is 1. The van der Waals surface area contributed by atoms with Crippen molar-refractivity contribution in [3.63, 3.8) is 0 Å². The number of rotatable bonds is 7. The van der Waals surface area contributed by atoms with Gasteiger partial charge in [0.25, 0.3) is 5.56 Å². The molecule has 44 heavy (non-hydrogen) atoms. The van der Waals surface area contributed by atoms with Gasteiger partial charge < -0.3 is 15.5 Å². The molecule has 0 aliphatic carbocycles. The number of carbonyl (C=O) groups is 1. The van der Waals surface area contributed by atoms with Crippen molar-refractivity contribution in [3.05, 3.63) is 77.1 Å². The van der Waals surface area contributed by atoms with Gasteiger partial charge in [-0.15, -0.1) is 0 Å². The maximum atomic E-state index is 14.0. The van der Waals surface area contributed by atoms with Gasteiger partial charge in [-0.3, -0.25) is 18.8 Å². The number of anilines is 2. The van der Waals surface area contributed by atoms with Crippen LogP contribution in [0, 0.1) is 0 Å². The Hall–Kier alpha value is -4.97. The van der Waals surface area contributed by atoms with Crippen molar-refractivity contribution in [3.8, 4) is 22.6 Å². The first kappa shape index (κ1) is 27.8. The van der Waals surface area contributed by atoms with Gasteiger partial charge in [0.15, 0.2) is 5.82 Å². The van der Waals surface area contributed by atoms with Gasteiger partial charge in [-0.1, -0.05) is 12.1 Å². The van der Waals surface area contributed by atoms with Gasteiger partial charge in [0.2, 0.25) is 11.9 Å². The van der Waals surface area contributed by atoms with Crippen LogP contribution in [0.2, 0.25) is 0 Å². The number of nitrogens with zero attached hydrogens (tertiary/aromatic N) is 8. The molecule has 0 unspecified atom stereocenters. The molecule has 1 amide bonds. The Labute approximate surface area is 254 Å². The quantitative estimate of drug-likeness (QED) is 0.292. The molecular formula is C32H34N10O2. The maximum absolute atomic E-state index is 14.0. The first-order valence-corrected chi connectivity index (χ1v) is 15.1. The van der Waals surface area contributed by atoms with Crippen molar-refractivity contribution in [2.24, 2.45) is 7.05 Å². The molecule has 2 aliphatic rings. The highest BCUT2D eigenvalue weighted by Crippen LogP contribution is 2.27. The number of amides is 1. The maximum Gasteiger partial charge on any atom is 0.260 e. The normalized spacial score (nSPS) is 15.6. The Bertz CT molecular complexity index is 1850. The van der Waals surface area contributed by atoms with Crippen LogP contribution in [0.5, 0.6) is 0 Å². The smallest absolute Gasteiger partial charge is 0.260 e. The minimum atomic E-state index is -0.335. The van der Waals surface area contributed by atoms with E-state index in [1.165, 1.54) is 10.1 Å². The van der Waals surface area contributed by atoms with E-state index < -0.39 is 0 Å². The largest absolute Gasteiger partial charge is 0.341 e. The highest BCUT2D eigenvalue weighted by Gasteiger charge is 2.22. The summed E-state index contributed by atoms with van der Waals surface area (Å²) in [6.45, 7) is 3.37. The number of nitrogens with one attached hydrogen (secondary N) is 2. The second-order valence-electron chi connectivity index (χ2n) is 11.4. The molecule has 224 valence electrons. The molecule has 0 spiro atoms. The summed E-state index contributed by atoms with van der Waals surface area (Å²) in [6.07, 6.45) is 10.8. The van der Waals surface area contributed by atoms with E-state index in [4.69, 9.17) is 4.98 Å². The van der Waals surface area contributed by atoms with E-state index in [9.17, 15) is 9.59 Å². The molecule has 2 N–H and O–H groups in total. The lowest BCUT2D eigenvalue weighted by Crippen LogP contribution is -2.35. The highest BCUT2D eigenvalue weighted by molar-refractivity contribution is 5.84. The summed E-state index contributed by atoms with van der Waals surface area (Å²) in [6, 6.07) is 11.9. The average Bonchev–Trinajstić information content (AvgIpc) is 3.76. The minimum absolute atomic E-state index is 0.104. The van der Waals surface area contributed by atoms with Crippen LogP contribution in [-0.4, -0.2) is 71.3 Å². The Kier molecular flexibility index (Phi) is 7.57. The third-order valence-electron chi connectivity index (χ3n) is 8.57. The van der Waals surface area contributed by atoms with E-state index in [-0.39, 0.29) is 18.0 Å². The number of benzene rings is 1. The lowest BCUT2D eigenvalue weighted by molar-refractivity contribution is -0.130. The third kappa shape index (κ3) is 5.55. The molecule has 7 rings (SSSR count). The van der Waals surface area contributed by atoms with Crippen molar-refractivity contribution in [2.75, 3.05) is 31.5 Å². The van der Waals surface area contributed by atoms with Crippen molar-refractivity contribution >= 4 is 28.6 Å². The number of hydrogen-bond donors (Lipinski definition) is 2. The molecule has 5 aromatic rings. The highest BCUT2D eigenvalue weighted by atomic mass is 16.2. The summed E-state index contributed by atoms with van der Waals surface area (Å²) in [5.74, 6) is 1.32. The Balaban J connectivity index is 1.23. The fourth-order valence-electron chi connectivity index (χ4n) is 6.09. The molecule has 2 fully saturated rings. The van der Waals surface area contributed by atoms with Gasteiger partial charge in [0.1, 0.15) is 17.9 Å². The van der Waals surface area contributed by atoms with Gasteiger partial charge >= 0.3 is 0 Å². The number of fused-ring (bicyclic) bond motifs is 1. The van der Waals surface area contributed by atoms with E-state index >= 15 is 0 Å². The van der Waals surface area contributed by atoms with E-state index in [1.54, 1.807) is 40.4 Å². The van der Waals surface area contributed by atoms with Crippen LogP contribution >= 0.6 is 0 Å². The second kappa shape index (κ2) is 12.0. The molecule has 0 saturated carbocycles. The average molecular weight is 591 g/mol. The van der Waals surface area contributed by atoms with Crippen molar-refractivity contribution in [1.29, 1.82) is 0 Å². The summed E-state index contributed by atoms with van der Waals surface area (Å²) in [5.41, 5.74) is 3.92. The predicted octanol–water partition coefficient (Wildman–Crippen LogP) is 3.48. The Morgan fingerprint density at radius 2 is 1.75 bits per heavy atom. The summed E-state index contributed by atoms with van der Waals surface area (Å²) in [5, 5.41) is 11.5. The fourth-order valence-corrected chi connectivity index (χ4v) is 6.09. The molecule has 4 aromatic heterocycles. The zero-order valence-corrected chi connectivity index (χ0v) is 24.6. The first-order valence-electron chi connectivity index (χ1n) is 15.1. The Morgan fingerprint density at radius 3 is 2.45 bits per heavy atom. The van der Waals surface area contributed by atoms with Crippen LogP contribution < -0.4 is 16.2 Å². The second-order valence-corrected chi connectivity index (χ2v) is 11.4. The van der Waals surface area contributed by atoms with Crippen LogP contribution in [0.1, 0.15) is 37.2 Å². The van der Waals surface area contributed by atoms with Gasteiger partial charge in [-0.25, -0.2) is 15.0 Å². The van der Waals surface area contributed by atoms with E-state index in [2.05, 4.69) is 42.8 Å². The van der Waals surface area contributed by atoms with Gasteiger partial charge in [0.05, 0.1) is 5.56 Å². The van der Waals surface area contributed by atoms with Gasteiger partial charge in [0, 0.05) is 61.6 Å². The zero-order valence-electron chi connectivity index (χ0n) is 24.6. The van der Waals surface area contributed by atoms with Crippen LogP contribution in [0.4, 0.5) is 11.6 Å². The van der Waals surface area contributed by atoms with Gasteiger partial charge in [-0.2, -0.15) is 10.1 Å². The van der Waals surface area contributed by atoms with E-state index in [0.717, 1.165) is 50.2 Å². The molecule has 1 aromatic carbocycles. The number of aryl methyl sites for hydroxylation is 1. The van der Waals surface area contributed by atoms with Crippen LogP contribution in [0.3, 0.4) is 0 Å². The first-order chi connectivity index (χ1) is 21.5. The van der Waals surface area contributed by atoms with Crippen LogP contribution in [-0.2, 0) is 18.4 Å². The molecule has 12 nitrogen and oxygen atoms in total. The zero-order chi connectivity index (χ0) is 30.0. The molecule has 0 radical (unpaired) electrons. The fraction of sp³-hybridized carbons (Fsp3) is 0.344. The molecule has 2 saturated heterocycles. The number of aromatic nitrogens is 7. The molecule has 2 aliphatic heterocycles. The summed E-state index contributed by atoms with van der Waals surface area (Å²) in [7, 11) is 1.82. The van der Waals surface area contributed by atoms with Crippen LogP contribution in [0.15, 0.2) is 66.0 Å². The number of likely N-dealkylation sites (tertiary alicyclic amines) is 1. The number of pyridine rings is 1. The summed E-state index contributed by atoms with van der Waals surface area (Å²) in [4.78, 5) is 47.3. The van der Waals surface area contributed by atoms with E-state index in [0.29, 0.717) is 52.9 Å². The van der Waals surface area contributed by atoms with Gasteiger partial charge in [-0.05, 0) is 74.5 Å². The topological polar surface area (TPSA) is 136 Å². The molecule has 6 heterocycles. The van der Waals surface area contributed by atoms with Crippen molar-refractivity contribution in [1.82, 2.24) is 44.5 Å². The van der Waals surface area contributed by atoms with Crippen molar-refractivity contribution < 1.29 is 4.79 Å². The molecule has 12 heteroatoms. The van der Waals surface area contributed by atoms with E-state index in [1.807, 2.05) is 25.2 Å². The number of hydrogen-bond acceptors (Lipinski definition) is 9. The summed E-state index contributed by atoms with van der Waals surface area (Å²) < 4.78 is 3.14. The lowest BCUT2D eigenvalue weighted by Gasteiger charge is -2.23. The lowest BCUT2D eigenvalue weighted by atomic mass is 9.90.